The van der Waals surface area contributed by atoms with Gasteiger partial charge in [0.05, 0.1) is 24.8 Å². The number of ether oxygens (including phenoxy) is 1. The van der Waals surface area contributed by atoms with E-state index in [1.54, 1.807) is 26.1 Å². The molecule has 16 heteroatoms. The highest BCUT2D eigenvalue weighted by atomic mass is 19.4. The number of nitrogens with zero attached hydrogens (tertiary/aromatic N) is 4. The third-order valence-corrected chi connectivity index (χ3v) is 7.38. The molecule has 1 aromatic heterocycles. The molecule has 2 saturated heterocycles. The van der Waals surface area contributed by atoms with Gasteiger partial charge >= 0.3 is 6.18 Å². The summed E-state index contributed by atoms with van der Waals surface area (Å²) in [6.07, 6.45) is -2.02. The van der Waals surface area contributed by atoms with Crippen LogP contribution in [0.2, 0.25) is 0 Å². The number of rotatable bonds is 8. The summed E-state index contributed by atoms with van der Waals surface area (Å²) >= 11 is 0. The summed E-state index contributed by atoms with van der Waals surface area (Å²) in [5.74, 6) is -5.86. The Hall–Kier alpha value is -3.24. The largest absolute Gasteiger partial charge is 0.449 e. The van der Waals surface area contributed by atoms with E-state index in [9.17, 15) is 41.8 Å². The first-order valence-electron chi connectivity index (χ1n) is 13.2. The Kier molecular flexibility index (Phi) is 8.91. The number of benzene rings is 1. The van der Waals surface area contributed by atoms with Crippen molar-refractivity contribution in [2.45, 2.75) is 68.7 Å². The number of aliphatic hydroxyl groups is 2. The smallest absolute Gasteiger partial charge is 0.433 e. The molecule has 2 aliphatic heterocycles. The molecule has 2 unspecified atom stereocenters. The SMILES string of the molecule is O=CN1CC(F)(F)C1.[B]C(O)(O)Oc1cccc(C2C(NC)CCN2C(=O)Cn2nc(C3CC3)cc2C(F)(F)F)c1C. The molecule has 3 aliphatic rings. The van der Waals surface area contributed by atoms with Crippen LogP contribution in [0.5, 0.6) is 5.75 Å². The van der Waals surface area contributed by atoms with Crippen LogP contribution < -0.4 is 10.1 Å². The maximum atomic E-state index is 13.6. The fourth-order valence-corrected chi connectivity index (χ4v) is 5.19. The molecule has 3 fully saturated rings. The molecular weight excluding hydrogens is 568 g/mol. The summed E-state index contributed by atoms with van der Waals surface area (Å²) in [5.41, 5.74) is 0.615. The summed E-state index contributed by atoms with van der Waals surface area (Å²) < 4.78 is 70.1. The molecule has 3 heterocycles. The standard InChI is InChI=1S/C22H26BF3N4O4.C4H5F2NO/c1-12-14(4-3-5-17(12)34-22(23,32)33)20-15(27-2)8-9-29(20)19(31)11-30-18(21(24,25)26)10-16(28-30)13-6-7-13;5-4(6)1-7(2-4)3-8/h3-5,10,13,15,20,27,32-33H,6-9,11H2,1-2H3;3H,1-2H2. The number of carbonyl (C=O) groups is 2. The minimum Gasteiger partial charge on any atom is -0.449 e. The van der Waals surface area contributed by atoms with Crippen molar-refractivity contribution >= 4 is 20.2 Å². The zero-order valence-corrected chi connectivity index (χ0v) is 22.9. The Balaban J connectivity index is 0.000000437. The zero-order chi connectivity index (χ0) is 31.0. The molecule has 42 heavy (non-hydrogen) atoms. The Morgan fingerprint density at radius 2 is 1.90 bits per heavy atom. The number of likely N-dealkylation sites (N-methyl/N-ethyl adjacent to an activating group) is 1. The molecular formula is C26H31BF5N5O5. The molecule has 1 saturated carbocycles. The first-order chi connectivity index (χ1) is 19.5. The van der Waals surface area contributed by atoms with Crippen molar-refractivity contribution in [3.05, 3.63) is 46.8 Å². The molecule has 228 valence electrons. The second-order valence-corrected chi connectivity index (χ2v) is 10.7. The molecule has 0 spiro atoms. The number of hydrogen-bond acceptors (Lipinski definition) is 7. The molecule has 2 radical (unpaired) electrons. The number of nitrogens with one attached hydrogen (secondary N) is 1. The molecule has 2 amide bonds. The highest BCUT2D eigenvalue weighted by Crippen LogP contribution is 2.42. The molecule has 5 rings (SSSR count). The van der Waals surface area contributed by atoms with Crippen LogP contribution in [-0.4, -0.2) is 94.5 Å². The van der Waals surface area contributed by atoms with E-state index in [2.05, 4.69) is 10.4 Å². The van der Waals surface area contributed by atoms with E-state index in [1.807, 2.05) is 0 Å². The van der Waals surface area contributed by atoms with Gasteiger partial charge in [-0.1, -0.05) is 12.1 Å². The Bertz CT molecular complexity index is 1290. The van der Waals surface area contributed by atoms with Crippen molar-refractivity contribution in [3.8, 4) is 5.75 Å². The maximum absolute atomic E-state index is 13.6. The van der Waals surface area contributed by atoms with Crippen LogP contribution in [0.3, 0.4) is 0 Å². The summed E-state index contributed by atoms with van der Waals surface area (Å²) in [5, 5.41) is 26.1. The van der Waals surface area contributed by atoms with E-state index < -0.39 is 55.2 Å². The highest BCUT2D eigenvalue weighted by Gasteiger charge is 2.43. The minimum absolute atomic E-state index is 0.0174. The van der Waals surface area contributed by atoms with Crippen molar-refractivity contribution in [2.24, 2.45) is 0 Å². The number of likely N-dealkylation sites (tertiary alicyclic amines) is 2. The van der Waals surface area contributed by atoms with Gasteiger partial charge in [0.25, 0.3) is 11.8 Å². The number of aromatic nitrogens is 2. The molecule has 2 atom stereocenters. The van der Waals surface area contributed by atoms with Crippen molar-refractivity contribution in [2.75, 3.05) is 26.7 Å². The van der Waals surface area contributed by atoms with Crippen LogP contribution in [-0.2, 0) is 22.3 Å². The van der Waals surface area contributed by atoms with Gasteiger partial charge in [0.2, 0.25) is 20.2 Å². The van der Waals surface area contributed by atoms with Crippen LogP contribution >= 0.6 is 0 Å². The summed E-state index contributed by atoms with van der Waals surface area (Å²) in [4.78, 5) is 25.5. The second kappa shape index (κ2) is 11.8. The van der Waals surface area contributed by atoms with E-state index >= 15 is 0 Å². The molecule has 1 aliphatic carbocycles. The Morgan fingerprint density at radius 1 is 1.24 bits per heavy atom. The quantitative estimate of drug-likeness (QED) is 0.184. The third kappa shape index (κ3) is 7.39. The van der Waals surface area contributed by atoms with E-state index in [0.717, 1.165) is 28.5 Å². The lowest BCUT2D eigenvalue weighted by Gasteiger charge is -2.35. The fourth-order valence-electron chi connectivity index (χ4n) is 5.19. The normalized spacial score (nSPS) is 21.8. The van der Waals surface area contributed by atoms with Crippen molar-refractivity contribution in [1.29, 1.82) is 0 Å². The first kappa shape index (κ1) is 31.7. The summed E-state index contributed by atoms with van der Waals surface area (Å²) in [6, 6.07) is 5.23. The van der Waals surface area contributed by atoms with Gasteiger partial charge in [0.1, 0.15) is 18.0 Å². The average molecular weight is 599 g/mol. The second-order valence-electron chi connectivity index (χ2n) is 10.7. The molecule has 0 bridgehead atoms. The Morgan fingerprint density at radius 3 is 2.40 bits per heavy atom. The van der Waals surface area contributed by atoms with Gasteiger partial charge in [-0.05, 0) is 56.5 Å². The van der Waals surface area contributed by atoms with Crippen molar-refractivity contribution in [1.82, 2.24) is 24.9 Å². The van der Waals surface area contributed by atoms with Gasteiger partial charge in [-0.3, -0.25) is 14.3 Å². The fraction of sp³-hybridized carbons (Fsp3) is 0.577. The number of alkyl halides is 5. The number of amides is 2. The summed E-state index contributed by atoms with van der Waals surface area (Å²) in [6.45, 7) is 0.662. The maximum Gasteiger partial charge on any atom is 0.433 e. The predicted molar refractivity (Wildman–Crippen MR) is 138 cm³/mol. The number of carbonyl (C=O) groups excluding carboxylic acids is 2. The van der Waals surface area contributed by atoms with Crippen LogP contribution in [0, 0.1) is 6.92 Å². The highest BCUT2D eigenvalue weighted by molar-refractivity contribution is 6.12. The van der Waals surface area contributed by atoms with Gasteiger partial charge in [-0.2, -0.15) is 18.3 Å². The lowest BCUT2D eigenvalue weighted by Crippen LogP contribution is -2.55. The number of halogens is 5. The van der Waals surface area contributed by atoms with Crippen LogP contribution in [0.25, 0.3) is 0 Å². The topological polar surface area (TPSA) is 120 Å². The van der Waals surface area contributed by atoms with E-state index in [-0.39, 0.29) is 17.7 Å². The average Bonchev–Trinajstić information content (AvgIpc) is 3.48. The zero-order valence-electron chi connectivity index (χ0n) is 22.9. The van der Waals surface area contributed by atoms with E-state index in [0.29, 0.717) is 36.2 Å². The van der Waals surface area contributed by atoms with E-state index in [1.165, 1.54) is 11.0 Å². The predicted octanol–water partition coefficient (Wildman–Crippen LogP) is 1.89. The van der Waals surface area contributed by atoms with E-state index in [4.69, 9.17) is 12.6 Å². The monoisotopic (exact) mass is 599 g/mol. The van der Waals surface area contributed by atoms with Crippen LogP contribution in [0.4, 0.5) is 22.0 Å². The van der Waals surface area contributed by atoms with Crippen molar-refractivity contribution < 1.29 is 46.5 Å². The van der Waals surface area contributed by atoms with Gasteiger partial charge in [-0.15, -0.1) is 0 Å². The van der Waals surface area contributed by atoms with Crippen LogP contribution in [0.1, 0.15) is 53.7 Å². The lowest BCUT2D eigenvalue weighted by molar-refractivity contribution is -0.223. The first-order valence-corrected chi connectivity index (χ1v) is 13.2. The van der Waals surface area contributed by atoms with Gasteiger partial charge in [0.15, 0.2) is 0 Å². The molecule has 1 aromatic carbocycles. The summed E-state index contributed by atoms with van der Waals surface area (Å²) in [7, 11) is 6.88. The Labute approximate surface area is 239 Å². The van der Waals surface area contributed by atoms with Crippen molar-refractivity contribution in [3.63, 3.8) is 0 Å². The minimum atomic E-state index is -4.62. The van der Waals surface area contributed by atoms with Gasteiger partial charge in [0, 0.05) is 18.5 Å². The van der Waals surface area contributed by atoms with Gasteiger partial charge < -0.3 is 30.1 Å². The van der Waals surface area contributed by atoms with Gasteiger partial charge in [-0.25, -0.2) is 8.78 Å². The molecule has 10 nitrogen and oxygen atoms in total. The molecule has 2 aromatic rings. The molecule has 3 N–H and O–H groups in total. The lowest BCUT2D eigenvalue weighted by atomic mass is 9.95. The number of hydrogen-bond donors (Lipinski definition) is 3. The third-order valence-electron chi connectivity index (χ3n) is 7.38. The van der Waals surface area contributed by atoms with Crippen LogP contribution in [0.15, 0.2) is 24.3 Å².